The molecule has 0 bridgehead atoms. The van der Waals surface area contributed by atoms with Crippen molar-refractivity contribution in [2.45, 2.75) is 29.9 Å². The molecule has 1 aliphatic rings. The van der Waals surface area contributed by atoms with Crippen molar-refractivity contribution < 1.29 is 28.1 Å². The van der Waals surface area contributed by atoms with Crippen LogP contribution in [0.25, 0.3) is 0 Å². The summed E-state index contributed by atoms with van der Waals surface area (Å²) >= 11 is 5.94. The monoisotopic (exact) mass is 467 g/mol. The van der Waals surface area contributed by atoms with Crippen LogP contribution < -0.4 is 0 Å². The average molecular weight is 468 g/mol. The minimum absolute atomic E-state index is 0.0402. The molecule has 2 unspecified atom stereocenters. The lowest BCUT2D eigenvalue weighted by Crippen LogP contribution is -2.44. The number of sulfonamides is 1. The molecule has 0 aliphatic carbocycles. The number of phenolic OH excluding ortho intramolecular Hbond substituents is 1. The van der Waals surface area contributed by atoms with E-state index in [2.05, 4.69) is 0 Å². The number of hydrogen-bond donors (Lipinski definition) is 3. The highest BCUT2D eigenvalue weighted by atomic mass is 35.5. The number of aliphatic hydroxyl groups is 2. The third-order valence-corrected chi connectivity index (χ3v) is 7.10. The van der Waals surface area contributed by atoms with E-state index in [0.29, 0.717) is 0 Å². The highest BCUT2D eigenvalue weighted by Crippen LogP contribution is 2.32. The fourth-order valence-corrected chi connectivity index (χ4v) is 4.86. The number of aromatic hydroxyl groups is 1. The molecule has 2 aromatic carbocycles. The third-order valence-electron chi connectivity index (χ3n) is 4.77. The zero-order valence-electron chi connectivity index (χ0n) is 16.3. The Balaban J connectivity index is 0.000000285. The first kappa shape index (κ1) is 24.5. The zero-order chi connectivity index (χ0) is 23.4. The van der Waals surface area contributed by atoms with Crippen LogP contribution in [0.4, 0.5) is 4.39 Å². The second-order valence-electron chi connectivity index (χ2n) is 6.90. The molecule has 0 radical (unpaired) electrons. The number of hydrogen-bond acceptors (Lipinski definition) is 7. The molecule has 3 rings (SSSR count). The SMILES string of the molecule is CC(O)C1(O)CCN(S(=O)(=O)c2ccc(C#N)cc2Cl)C1.N#Cc1ccc(O)cc1F. The number of β-amino-alcohol motifs (C(OH)–C–C–N with tert-alkyl or cyclic N) is 1. The molecular formula is C20H19ClFN3O5S. The zero-order valence-corrected chi connectivity index (χ0v) is 17.9. The lowest BCUT2D eigenvalue weighted by atomic mass is 9.97. The van der Waals surface area contributed by atoms with Gasteiger partial charge < -0.3 is 15.3 Å². The summed E-state index contributed by atoms with van der Waals surface area (Å²) in [4.78, 5) is -0.113. The summed E-state index contributed by atoms with van der Waals surface area (Å²) in [6.07, 6.45) is -0.883. The summed E-state index contributed by atoms with van der Waals surface area (Å²) in [5.74, 6) is -0.862. The Bertz CT molecular complexity index is 1160. The first-order valence-electron chi connectivity index (χ1n) is 8.93. The van der Waals surface area contributed by atoms with Crippen molar-refractivity contribution in [2.75, 3.05) is 13.1 Å². The van der Waals surface area contributed by atoms with Crippen LogP contribution in [0, 0.1) is 28.5 Å². The third kappa shape index (κ3) is 5.50. The van der Waals surface area contributed by atoms with Crippen molar-refractivity contribution in [1.82, 2.24) is 4.31 Å². The number of aliphatic hydroxyl groups excluding tert-OH is 1. The van der Waals surface area contributed by atoms with Gasteiger partial charge in [-0.3, -0.25) is 0 Å². The smallest absolute Gasteiger partial charge is 0.244 e. The highest BCUT2D eigenvalue weighted by molar-refractivity contribution is 7.89. The Morgan fingerprint density at radius 2 is 1.90 bits per heavy atom. The van der Waals surface area contributed by atoms with Crippen molar-refractivity contribution >= 4 is 21.6 Å². The van der Waals surface area contributed by atoms with Crippen molar-refractivity contribution in [1.29, 1.82) is 10.5 Å². The Morgan fingerprint density at radius 1 is 1.23 bits per heavy atom. The summed E-state index contributed by atoms with van der Waals surface area (Å²) in [7, 11) is -3.88. The minimum atomic E-state index is -3.88. The average Bonchev–Trinajstić information content (AvgIpc) is 3.13. The van der Waals surface area contributed by atoms with Crippen molar-refractivity contribution in [3.8, 4) is 17.9 Å². The van der Waals surface area contributed by atoms with E-state index in [1.54, 1.807) is 6.07 Å². The van der Waals surface area contributed by atoms with Crippen molar-refractivity contribution in [3.05, 3.63) is 58.4 Å². The second-order valence-corrected chi connectivity index (χ2v) is 9.21. The molecule has 3 N–H and O–H groups in total. The molecule has 0 aromatic heterocycles. The molecule has 1 heterocycles. The number of nitrogens with zero attached hydrogens (tertiary/aromatic N) is 3. The van der Waals surface area contributed by atoms with Crippen molar-refractivity contribution in [3.63, 3.8) is 0 Å². The maximum absolute atomic E-state index is 12.5. The number of halogens is 2. The van der Waals surface area contributed by atoms with Gasteiger partial charge in [-0.05, 0) is 43.7 Å². The largest absolute Gasteiger partial charge is 0.508 e. The van der Waals surface area contributed by atoms with E-state index in [1.165, 1.54) is 37.3 Å². The normalized spacial score (nSPS) is 19.6. The summed E-state index contributed by atoms with van der Waals surface area (Å²) in [5, 5.41) is 45.4. The van der Waals surface area contributed by atoms with Gasteiger partial charge in [0.15, 0.2) is 0 Å². The van der Waals surface area contributed by atoms with Crippen LogP contribution in [-0.2, 0) is 10.0 Å². The summed E-state index contributed by atoms with van der Waals surface area (Å²) in [6, 6.07) is 10.8. The van der Waals surface area contributed by atoms with Gasteiger partial charge >= 0.3 is 0 Å². The van der Waals surface area contributed by atoms with Crippen LogP contribution in [0.3, 0.4) is 0 Å². The number of nitriles is 2. The summed E-state index contributed by atoms with van der Waals surface area (Å²) in [6.45, 7) is 1.33. The van der Waals surface area contributed by atoms with Crippen LogP contribution in [0.5, 0.6) is 5.75 Å². The lowest BCUT2D eigenvalue weighted by Gasteiger charge is -2.26. The van der Waals surface area contributed by atoms with Crippen LogP contribution in [0.1, 0.15) is 24.5 Å². The quantitative estimate of drug-likeness (QED) is 0.626. The van der Waals surface area contributed by atoms with Crippen LogP contribution in [0.2, 0.25) is 5.02 Å². The molecular weight excluding hydrogens is 449 g/mol. The molecule has 11 heteroatoms. The predicted octanol–water partition coefficient (Wildman–Crippen LogP) is 2.12. The second kappa shape index (κ2) is 9.60. The molecule has 2 aromatic rings. The van der Waals surface area contributed by atoms with Gasteiger partial charge in [0.1, 0.15) is 28.1 Å². The Kier molecular flexibility index (Phi) is 7.60. The van der Waals surface area contributed by atoms with E-state index < -0.39 is 27.5 Å². The maximum atomic E-state index is 12.5. The standard InChI is InChI=1S/C13H15ClN2O4S.C7H4FNO/c1-9(17)13(18)4-5-16(8-13)21(19,20)12-3-2-10(7-15)6-11(12)14;8-7-3-6(10)2-1-5(7)4-9/h2-3,6,9,17-18H,4-5,8H2,1H3;1-3,10H. The van der Waals surface area contributed by atoms with Crippen molar-refractivity contribution in [2.24, 2.45) is 0 Å². The Labute approximate surface area is 184 Å². The van der Waals surface area contributed by atoms with E-state index in [-0.39, 0.29) is 46.3 Å². The summed E-state index contributed by atoms with van der Waals surface area (Å²) < 4.78 is 38.6. The van der Waals surface area contributed by atoms with Gasteiger partial charge in [0.2, 0.25) is 10.0 Å². The molecule has 31 heavy (non-hydrogen) atoms. The Hall–Kier alpha value is -2.73. The van der Waals surface area contributed by atoms with E-state index in [4.69, 9.17) is 27.2 Å². The van der Waals surface area contributed by atoms with Crippen LogP contribution in [-0.4, -0.2) is 52.8 Å². The van der Waals surface area contributed by atoms with Gasteiger partial charge in [-0.1, -0.05) is 11.6 Å². The predicted molar refractivity (Wildman–Crippen MR) is 109 cm³/mol. The van der Waals surface area contributed by atoms with Gasteiger partial charge in [0.25, 0.3) is 0 Å². The summed E-state index contributed by atoms with van der Waals surface area (Å²) in [5.41, 5.74) is -1.25. The van der Waals surface area contributed by atoms with Gasteiger partial charge in [0, 0.05) is 19.2 Å². The molecule has 1 fully saturated rings. The first-order chi connectivity index (χ1) is 14.4. The number of phenols is 1. The van der Waals surface area contributed by atoms with Gasteiger partial charge in [-0.25, -0.2) is 12.8 Å². The molecule has 0 spiro atoms. The van der Waals surface area contributed by atoms with Crippen LogP contribution in [0.15, 0.2) is 41.3 Å². The van der Waals surface area contributed by atoms with Gasteiger partial charge in [-0.15, -0.1) is 0 Å². The molecule has 0 saturated carbocycles. The fourth-order valence-electron chi connectivity index (χ4n) is 2.84. The van der Waals surface area contributed by atoms with E-state index in [1.807, 2.05) is 6.07 Å². The maximum Gasteiger partial charge on any atom is 0.244 e. The topological polar surface area (TPSA) is 146 Å². The van der Waals surface area contributed by atoms with Crippen LogP contribution >= 0.6 is 11.6 Å². The Morgan fingerprint density at radius 3 is 2.39 bits per heavy atom. The minimum Gasteiger partial charge on any atom is -0.508 e. The molecule has 0 amide bonds. The molecule has 8 nitrogen and oxygen atoms in total. The number of rotatable bonds is 3. The fraction of sp³-hybridized carbons (Fsp3) is 0.300. The first-order valence-corrected chi connectivity index (χ1v) is 10.8. The van der Waals surface area contributed by atoms with E-state index >= 15 is 0 Å². The van der Waals surface area contributed by atoms with E-state index in [9.17, 15) is 23.0 Å². The molecule has 1 aliphatic heterocycles. The number of benzene rings is 2. The highest BCUT2D eigenvalue weighted by Gasteiger charge is 2.45. The molecule has 1 saturated heterocycles. The van der Waals surface area contributed by atoms with Gasteiger partial charge in [-0.2, -0.15) is 14.8 Å². The molecule has 2 atom stereocenters. The van der Waals surface area contributed by atoms with E-state index in [0.717, 1.165) is 10.4 Å². The lowest BCUT2D eigenvalue weighted by molar-refractivity contribution is -0.0536. The molecule has 164 valence electrons. The van der Waals surface area contributed by atoms with Gasteiger partial charge in [0.05, 0.1) is 28.3 Å².